The van der Waals surface area contributed by atoms with Crippen molar-refractivity contribution < 1.29 is 4.40 Å². The first-order valence-corrected chi connectivity index (χ1v) is 6.83. The number of hydrogen-bond acceptors (Lipinski definition) is 2. The van der Waals surface area contributed by atoms with E-state index < -0.39 is 0 Å². The van der Waals surface area contributed by atoms with Crippen molar-refractivity contribution in [1.29, 1.82) is 0 Å². The maximum atomic E-state index is 5.22. The van der Waals surface area contributed by atoms with Crippen molar-refractivity contribution >= 4 is 17.8 Å². The molecule has 0 aliphatic rings. The highest BCUT2D eigenvalue weighted by atomic mass is 15.3. The smallest absolute Gasteiger partial charge is 0.286 e. The molecule has 0 radical (unpaired) electrons. The second-order valence-corrected chi connectivity index (χ2v) is 4.93. The zero-order valence-electron chi connectivity index (χ0n) is 12.2. The zero-order chi connectivity index (χ0) is 15.5. The standard InChI is InChI=1S/C16H17N6/c1-21-14(11-22-9-3-2-4-15(21)22)13-7-5-12(6-8-13)10-19-20-16(17)18/h2-11H,1H3,(H4,17,18,20)/q+1/b19-10+. The van der Waals surface area contributed by atoms with Gasteiger partial charge >= 0.3 is 0 Å². The summed E-state index contributed by atoms with van der Waals surface area (Å²) >= 11 is 0. The van der Waals surface area contributed by atoms with Crippen LogP contribution in [0.15, 0.2) is 65.1 Å². The molecule has 2 aromatic heterocycles. The number of nitrogens with zero attached hydrogens (tertiary/aromatic N) is 4. The lowest BCUT2D eigenvalue weighted by Crippen LogP contribution is -2.21. The van der Waals surface area contributed by atoms with Crippen LogP contribution in [0.5, 0.6) is 0 Å². The molecule has 0 amide bonds. The molecule has 2 heterocycles. The Hall–Kier alpha value is -3.15. The fraction of sp³-hybridized carbons (Fsp3) is 0.0625. The molecule has 3 aromatic rings. The predicted molar refractivity (Wildman–Crippen MR) is 87.4 cm³/mol. The van der Waals surface area contributed by atoms with Gasteiger partial charge in [0, 0.05) is 11.6 Å². The molecule has 0 bridgehead atoms. The van der Waals surface area contributed by atoms with Crippen LogP contribution in [-0.4, -0.2) is 16.7 Å². The Balaban J connectivity index is 1.93. The van der Waals surface area contributed by atoms with Gasteiger partial charge in [-0.15, -0.1) is 5.10 Å². The average Bonchev–Trinajstić information content (AvgIpc) is 2.85. The van der Waals surface area contributed by atoms with Gasteiger partial charge in [0.1, 0.15) is 6.20 Å². The van der Waals surface area contributed by atoms with Gasteiger partial charge in [-0.05, 0) is 23.8 Å². The van der Waals surface area contributed by atoms with E-state index in [0.717, 1.165) is 22.5 Å². The van der Waals surface area contributed by atoms with Gasteiger partial charge in [0.15, 0.2) is 5.69 Å². The van der Waals surface area contributed by atoms with Crippen LogP contribution in [0, 0.1) is 0 Å². The number of fused-ring (bicyclic) bond motifs is 1. The molecule has 1 aromatic carbocycles. The van der Waals surface area contributed by atoms with E-state index in [2.05, 4.69) is 38.5 Å². The van der Waals surface area contributed by atoms with Crippen LogP contribution in [0.3, 0.4) is 0 Å². The van der Waals surface area contributed by atoms with Crippen molar-refractivity contribution in [2.45, 2.75) is 0 Å². The molecule has 0 fully saturated rings. The van der Waals surface area contributed by atoms with Crippen LogP contribution in [-0.2, 0) is 7.05 Å². The van der Waals surface area contributed by atoms with E-state index in [1.807, 2.05) is 42.6 Å². The third-order valence-corrected chi connectivity index (χ3v) is 3.42. The lowest BCUT2D eigenvalue weighted by atomic mass is 10.1. The van der Waals surface area contributed by atoms with Gasteiger partial charge in [0.2, 0.25) is 5.96 Å². The lowest BCUT2D eigenvalue weighted by Gasteiger charge is -1.98. The van der Waals surface area contributed by atoms with Crippen LogP contribution in [0.25, 0.3) is 16.9 Å². The highest BCUT2D eigenvalue weighted by molar-refractivity contribution is 5.82. The fourth-order valence-electron chi connectivity index (χ4n) is 2.35. The van der Waals surface area contributed by atoms with Crippen LogP contribution < -0.4 is 15.9 Å². The van der Waals surface area contributed by atoms with E-state index in [9.17, 15) is 0 Å². The summed E-state index contributed by atoms with van der Waals surface area (Å²) in [6, 6.07) is 14.2. The Labute approximate surface area is 128 Å². The van der Waals surface area contributed by atoms with E-state index in [1.54, 1.807) is 6.21 Å². The predicted octanol–water partition coefficient (Wildman–Crippen LogP) is 1.04. The number of guanidine groups is 1. The molecule has 6 nitrogen and oxygen atoms in total. The number of aryl methyl sites for hydroxylation is 1. The number of hydrogen-bond donors (Lipinski definition) is 2. The van der Waals surface area contributed by atoms with Crippen molar-refractivity contribution in [3.8, 4) is 11.3 Å². The van der Waals surface area contributed by atoms with Gasteiger partial charge in [-0.3, -0.25) is 0 Å². The maximum absolute atomic E-state index is 5.22. The maximum Gasteiger partial charge on any atom is 0.286 e. The van der Waals surface area contributed by atoms with E-state index >= 15 is 0 Å². The third kappa shape index (κ3) is 2.67. The van der Waals surface area contributed by atoms with Crippen LogP contribution >= 0.6 is 0 Å². The average molecular weight is 293 g/mol. The van der Waals surface area contributed by atoms with Crippen molar-refractivity contribution in [2.75, 3.05) is 0 Å². The number of aromatic nitrogens is 2. The number of imidazole rings is 1. The SMILES string of the molecule is Cn1c(-c2ccc(/C=N/N=C(N)N)cc2)c[n+]2ccccc12. The normalized spacial score (nSPS) is 11.1. The van der Waals surface area contributed by atoms with Crippen LogP contribution in [0.1, 0.15) is 5.56 Å². The van der Waals surface area contributed by atoms with Gasteiger partial charge in [-0.1, -0.05) is 18.2 Å². The Morgan fingerprint density at radius 1 is 1.14 bits per heavy atom. The summed E-state index contributed by atoms with van der Waals surface area (Å²) in [7, 11) is 2.05. The monoisotopic (exact) mass is 293 g/mol. The molecule has 0 aliphatic heterocycles. The van der Waals surface area contributed by atoms with Crippen molar-refractivity contribution in [3.63, 3.8) is 0 Å². The van der Waals surface area contributed by atoms with Crippen LogP contribution in [0.4, 0.5) is 0 Å². The second kappa shape index (κ2) is 5.69. The minimum Gasteiger partial charge on any atom is -0.369 e. The quantitative estimate of drug-likeness (QED) is 0.327. The summed E-state index contributed by atoms with van der Waals surface area (Å²) in [5, 5.41) is 7.38. The van der Waals surface area contributed by atoms with Crippen molar-refractivity contribution in [3.05, 3.63) is 60.4 Å². The molecular weight excluding hydrogens is 276 g/mol. The third-order valence-electron chi connectivity index (χ3n) is 3.42. The van der Waals surface area contributed by atoms with Crippen molar-refractivity contribution in [1.82, 2.24) is 4.57 Å². The number of rotatable bonds is 3. The summed E-state index contributed by atoms with van der Waals surface area (Å²) in [4.78, 5) is 0. The first-order chi connectivity index (χ1) is 10.6. The number of pyridine rings is 1. The Morgan fingerprint density at radius 3 is 2.59 bits per heavy atom. The molecule has 0 atom stereocenters. The lowest BCUT2D eigenvalue weighted by molar-refractivity contribution is -0.510. The van der Waals surface area contributed by atoms with Gasteiger partial charge in [0.05, 0.1) is 19.5 Å². The topological polar surface area (TPSA) is 85.8 Å². The van der Waals surface area contributed by atoms with Gasteiger partial charge in [-0.2, -0.15) is 5.10 Å². The fourth-order valence-corrected chi connectivity index (χ4v) is 2.35. The Bertz CT molecular complexity index is 854. The van der Waals surface area contributed by atoms with Gasteiger partial charge in [0.25, 0.3) is 5.65 Å². The largest absolute Gasteiger partial charge is 0.369 e. The molecule has 0 saturated carbocycles. The second-order valence-electron chi connectivity index (χ2n) is 4.93. The first kappa shape index (κ1) is 13.8. The van der Waals surface area contributed by atoms with Crippen LogP contribution in [0.2, 0.25) is 0 Å². The Morgan fingerprint density at radius 2 is 1.91 bits per heavy atom. The van der Waals surface area contributed by atoms with E-state index in [-0.39, 0.29) is 5.96 Å². The molecule has 22 heavy (non-hydrogen) atoms. The minimum absolute atomic E-state index is 0.0552. The molecule has 0 aliphatic carbocycles. The summed E-state index contributed by atoms with van der Waals surface area (Å²) in [5.41, 5.74) is 14.8. The summed E-state index contributed by atoms with van der Waals surface area (Å²) in [6.07, 6.45) is 5.76. The molecular formula is C16H17N6+. The van der Waals surface area contributed by atoms with E-state index in [1.165, 1.54) is 0 Å². The molecule has 0 unspecified atom stereocenters. The Kier molecular flexibility index (Phi) is 3.57. The van der Waals surface area contributed by atoms with E-state index in [4.69, 9.17) is 11.5 Å². The molecule has 4 N–H and O–H groups in total. The van der Waals surface area contributed by atoms with E-state index in [0.29, 0.717) is 0 Å². The minimum atomic E-state index is -0.0552. The molecule has 0 saturated heterocycles. The van der Waals surface area contributed by atoms with Crippen molar-refractivity contribution in [2.24, 2.45) is 28.7 Å². The highest BCUT2D eigenvalue weighted by Crippen LogP contribution is 2.19. The molecule has 0 spiro atoms. The zero-order valence-corrected chi connectivity index (χ0v) is 12.2. The molecule has 6 heteroatoms. The number of benzene rings is 1. The van der Waals surface area contributed by atoms with Gasteiger partial charge in [-0.25, -0.2) is 8.97 Å². The molecule has 3 rings (SSSR count). The first-order valence-electron chi connectivity index (χ1n) is 6.83. The summed E-state index contributed by atoms with van der Waals surface area (Å²) in [5.74, 6) is -0.0552. The number of nitrogens with two attached hydrogens (primary N) is 2. The summed E-state index contributed by atoms with van der Waals surface area (Å²) in [6.45, 7) is 0. The molecule has 110 valence electrons. The highest BCUT2D eigenvalue weighted by Gasteiger charge is 2.14. The summed E-state index contributed by atoms with van der Waals surface area (Å²) < 4.78 is 4.26. The van der Waals surface area contributed by atoms with Gasteiger partial charge < -0.3 is 11.5 Å².